The maximum atomic E-state index is 13.0. The first-order valence-electron chi connectivity index (χ1n) is 4.51. The number of hydrogen-bond acceptors (Lipinski definition) is 0. The second-order valence-electron chi connectivity index (χ2n) is 3.61. The lowest BCUT2D eigenvalue weighted by Gasteiger charge is -2.25. The summed E-state index contributed by atoms with van der Waals surface area (Å²) in [6, 6.07) is 0. The fourth-order valence-electron chi connectivity index (χ4n) is 1.62. The van der Waals surface area contributed by atoms with Gasteiger partial charge < -0.3 is 0 Å². The van der Waals surface area contributed by atoms with Crippen LogP contribution in [-0.4, -0.2) is 5.92 Å². The van der Waals surface area contributed by atoms with Gasteiger partial charge in [0.25, 0.3) is 5.92 Å². The van der Waals surface area contributed by atoms with Crippen LogP contribution in [0.1, 0.15) is 45.4 Å². The predicted molar refractivity (Wildman–Crippen MR) is 41.8 cm³/mol. The van der Waals surface area contributed by atoms with Gasteiger partial charge in [0, 0.05) is 12.3 Å². The van der Waals surface area contributed by atoms with Crippen molar-refractivity contribution in [3.8, 4) is 0 Å². The molecular weight excluding hydrogens is 146 g/mol. The van der Waals surface area contributed by atoms with E-state index in [1.54, 1.807) is 6.92 Å². The van der Waals surface area contributed by atoms with Crippen molar-refractivity contribution in [3.05, 3.63) is 0 Å². The van der Waals surface area contributed by atoms with Gasteiger partial charge in [-0.05, 0) is 12.8 Å². The third-order valence-electron chi connectivity index (χ3n) is 2.62. The first-order valence-corrected chi connectivity index (χ1v) is 4.51. The molecule has 66 valence electrons. The Bertz CT molecular complexity index is 121. The second kappa shape index (κ2) is 3.51. The summed E-state index contributed by atoms with van der Waals surface area (Å²) in [5.74, 6) is -2.79. The summed E-state index contributed by atoms with van der Waals surface area (Å²) in [7, 11) is 0. The molecule has 1 atom stereocenters. The van der Waals surface area contributed by atoms with E-state index in [-0.39, 0.29) is 6.42 Å². The molecule has 0 saturated heterocycles. The van der Waals surface area contributed by atoms with Crippen LogP contribution < -0.4 is 0 Å². The Hall–Kier alpha value is -0.140. The molecule has 0 nitrogen and oxygen atoms in total. The first kappa shape index (κ1) is 8.95. The molecule has 0 spiro atoms. The molecule has 1 unspecified atom stereocenters. The molecule has 0 heterocycles. The van der Waals surface area contributed by atoms with E-state index in [0.29, 0.717) is 12.8 Å². The predicted octanol–water partition coefficient (Wildman–Crippen LogP) is 3.61. The quantitative estimate of drug-likeness (QED) is 0.510. The van der Waals surface area contributed by atoms with Gasteiger partial charge in [-0.3, -0.25) is 0 Å². The highest BCUT2D eigenvalue weighted by molar-refractivity contribution is 4.75. The molecule has 0 aromatic rings. The SMILES string of the molecule is CC1CCCCCCC1(F)F. The van der Waals surface area contributed by atoms with Crippen molar-refractivity contribution in [1.29, 1.82) is 0 Å². The van der Waals surface area contributed by atoms with Crippen molar-refractivity contribution in [3.63, 3.8) is 0 Å². The van der Waals surface area contributed by atoms with Crippen LogP contribution in [0.3, 0.4) is 0 Å². The molecule has 0 amide bonds. The van der Waals surface area contributed by atoms with E-state index >= 15 is 0 Å². The maximum absolute atomic E-state index is 13.0. The summed E-state index contributed by atoms with van der Waals surface area (Å²) in [5, 5.41) is 0. The Balaban J connectivity index is 2.47. The van der Waals surface area contributed by atoms with E-state index in [1.807, 2.05) is 0 Å². The summed E-state index contributed by atoms with van der Waals surface area (Å²) >= 11 is 0. The van der Waals surface area contributed by atoms with Crippen LogP contribution in [0.4, 0.5) is 8.78 Å². The zero-order valence-electron chi connectivity index (χ0n) is 7.08. The highest BCUT2D eigenvalue weighted by Crippen LogP contribution is 2.35. The summed E-state index contributed by atoms with van der Waals surface area (Å²) in [4.78, 5) is 0. The molecule has 0 bridgehead atoms. The minimum absolute atomic E-state index is 0.105. The summed E-state index contributed by atoms with van der Waals surface area (Å²) < 4.78 is 26.1. The average Bonchev–Trinajstić information content (AvgIpc) is 1.93. The van der Waals surface area contributed by atoms with Crippen LogP contribution in [-0.2, 0) is 0 Å². The monoisotopic (exact) mass is 162 g/mol. The third-order valence-corrected chi connectivity index (χ3v) is 2.62. The molecule has 2 heteroatoms. The lowest BCUT2D eigenvalue weighted by molar-refractivity contribution is -0.0673. The summed E-state index contributed by atoms with van der Waals surface area (Å²) in [5.41, 5.74) is 0. The van der Waals surface area contributed by atoms with E-state index in [0.717, 1.165) is 19.3 Å². The minimum atomic E-state index is -2.39. The summed E-state index contributed by atoms with van der Waals surface area (Å²) in [6.45, 7) is 1.67. The Morgan fingerprint density at radius 1 is 1.09 bits per heavy atom. The van der Waals surface area contributed by atoms with E-state index in [4.69, 9.17) is 0 Å². The first-order chi connectivity index (χ1) is 5.13. The van der Waals surface area contributed by atoms with E-state index in [9.17, 15) is 8.78 Å². The molecule has 0 N–H and O–H groups in total. The third kappa shape index (κ3) is 2.42. The lowest BCUT2D eigenvalue weighted by atomic mass is 9.89. The molecule has 1 fully saturated rings. The molecule has 0 aliphatic heterocycles. The van der Waals surface area contributed by atoms with Gasteiger partial charge in [-0.15, -0.1) is 0 Å². The molecule has 1 rings (SSSR count). The van der Waals surface area contributed by atoms with E-state index in [1.165, 1.54) is 0 Å². The number of hydrogen-bond donors (Lipinski definition) is 0. The molecule has 1 saturated carbocycles. The van der Waals surface area contributed by atoms with Crippen LogP contribution in [0, 0.1) is 5.92 Å². The summed E-state index contributed by atoms with van der Waals surface area (Å²) in [6.07, 6.45) is 4.62. The highest BCUT2D eigenvalue weighted by Gasteiger charge is 2.35. The van der Waals surface area contributed by atoms with E-state index < -0.39 is 11.8 Å². The maximum Gasteiger partial charge on any atom is 0.250 e. The van der Waals surface area contributed by atoms with Crippen LogP contribution >= 0.6 is 0 Å². The number of rotatable bonds is 0. The molecule has 0 radical (unpaired) electrons. The average molecular weight is 162 g/mol. The number of alkyl halides is 2. The van der Waals surface area contributed by atoms with Crippen molar-refractivity contribution in [2.75, 3.05) is 0 Å². The van der Waals surface area contributed by atoms with Gasteiger partial charge in [0.2, 0.25) is 0 Å². The van der Waals surface area contributed by atoms with Crippen molar-refractivity contribution in [2.45, 2.75) is 51.4 Å². The van der Waals surface area contributed by atoms with Crippen LogP contribution in [0.15, 0.2) is 0 Å². The van der Waals surface area contributed by atoms with Crippen molar-refractivity contribution in [1.82, 2.24) is 0 Å². The van der Waals surface area contributed by atoms with Gasteiger partial charge in [-0.25, -0.2) is 8.78 Å². The smallest absolute Gasteiger partial charge is 0.207 e. The Morgan fingerprint density at radius 3 is 2.45 bits per heavy atom. The van der Waals surface area contributed by atoms with Gasteiger partial charge in [0.15, 0.2) is 0 Å². The standard InChI is InChI=1S/C9H16F2/c1-8-6-4-2-3-5-7-9(8,10)11/h8H,2-7H2,1H3. The molecule has 11 heavy (non-hydrogen) atoms. The van der Waals surface area contributed by atoms with Gasteiger partial charge in [0.1, 0.15) is 0 Å². The van der Waals surface area contributed by atoms with E-state index in [2.05, 4.69) is 0 Å². The zero-order valence-corrected chi connectivity index (χ0v) is 7.08. The van der Waals surface area contributed by atoms with Gasteiger partial charge in [-0.1, -0.05) is 26.2 Å². The van der Waals surface area contributed by atoms with Gasteiger partial charge in [-0.2, -0.15) is 0 Å². The van der Waals surface area contributed by atoms with Crippen molar-refractivity contribution < 1.29 is 8.78 Å². The lowest BCUT2D eigenvalue weighted by Crippen LogP contribution is -2.26. The molecule has 0 aromatic heterocycles. The molecule has 1 aliphatic carbocycles. The van der Waals surface area contributed by atoms with Crippen LogP contribution in [0.5, 0.6) is 0 Å². The molecule has 0 aromatic carbocycles. The fraction of sp³-hybridized carbons (Fsp3) is 1.00. The Labute approximate surface area is 67.0 Å². The second-order valence-corrected chi connectivity index (χ2v) is 3.61. The fourth-order valence-corrected chi connectivity index (χ4v) is 1.62. The van der Waals surface area contributed by atoms with Gasteiger partial charge in [0.05, 0.1) is 0 Å². The molecular formula is C9H16F2. The highest BCUT2D eigenvalue weighted by atomic mass is 19.3. The van der Waals surface area contributed by atoms with Crippen LogP contribution in [0.2, 0.25) is 0 Å². The minimum Gasteiger partial charge on any atom is -0.207 e. The van der Waals surface area contributed by atoms with Crippen molar-refractivity contribution >= 4 is 0 Å². The normalized spacial score (nSPS) is 32.5. The topological polar surface area (TPSA) is 0 Å². The van der Waals surface area contributed by atoms with Gasteiger partial charge >= 0.3 is 0 Å². The Morgan fingerprint density at radius 2 is 1.73 bits per heavy atom. The zero-order chi connectivity index (χ0) is 8.32. The molecule has 1 aliphatic rings. The van der Waals surface area contributed by atoms with Crippen molar-refractivity contribution in [2.24, 2.45) is 5.92 Å². The Kier molecular flexibility index (Phi) is 2.85. The largest absolute Gasteiger partial charge is 0.250 e. The number of halogens is 2. The van der Waals surface area contributed by atoms with Crippen LogP contribution in [0.25, 0.3) is 0 Å².